The molecule has 6 nitrogen and oxygen atoms in total. The third-order valence-corrected chi connectivity index (χ3v) is 5.54. The minimum atomic E-state index is -0.848. The van der Waals surface area contributed by atoms with Gasteiger partial charge in [-0.2, -0.15) is 0 Å². The third kappa shape index (κ3) is 5.65. The zero-order valence-corrected chi connectivity index (χ0v) is 18.3. The number of halogens is 2. The van der Waals surface area contributed by atoms with Gasteiger partial charge in [-0.25, -0.2) is 9.78 Å². The van der Waals surface area contributed by atoms with E-state index in [0.717, 1.165) is 21.3 Å². The van der Waals surface area contributed by atoms with Crippen molar-refractivity contribution in [2.24, 2.45) is 5.73 Å². The molecule has 0 aliphatic rings. The van der Waals surface area contributed by atoms with Crippen molar-refractivity contribution in [3.63, 3.8) is 0 Å². The fraction of sp³-hybridized carbons (Fsp3) is 0.250. The van der Waals surface area contributed by atoms with E-state index in [1.165, 1.54) is 11.8 Å². The molecule has 2 heterocycles. The molecule has 152 valence electrons. The van der Waals surface area contributed by atoms with E-state index in [1.807, 2.05) is 34.9 Å². The molecule has 0 aliphatic carbocycles. The number of hydrogen-bond donors (Lipinski definition) is 1. The van der Waals surface area contributed by atoms with Crippen LogP contribution in [-0.4, -0.2) is 20.6 Å². The second kappa shape index (κ2) is 9.52. The maximum absolute atomic E-state index is 11.1. The molecule has 0 bridgehead atoms. The number of carbonyl (C=O) groups is 1. The highest BCUT2D eigenvalue weighted by atomic mass is 35.5. The van der Waals surface area contributed by atoms with Crippen LogP contribution < -0.4 is 5.73 Å². The van der Waals surface area contributed by atoms with E-state index in [2.05, 4.69) is 18.8 Å². The molecule has 0 aliphatic heterocycles. The number of imidazole rings is 1. The normalized spacial score (nSPS) is 11.1. The molecule has 0 saturated carbocycles. The molecule has 0 atom stereocenters. The molecule has 2 aromatic heterocycles. The molecule has 0 unspecified atom stereocenters. The summed E-state index contributed by atoms with van der Waals surface area (Å²) in [6.07, 6.45) is 0.887. The van der Waals surface area contributed by atoms with Gasteiger partial charge in [0.2, 0.25) is 0 Å². The lowest BCUT2D eigenvalue weighted by Crippen LogP contribution is -2.16. The lowest BCUT2D eigenvalue weighted by molar-refractivity contribution is 0.145. The number of aromatic nitrogens is 3. The van der Waals surface area contributed by atoms with E-state index < -0.39 is 6.09 Å². The zero-order chi connectivity index (χ0) is 21.0. The smallest absolute Gasteiger partial charge is 0.404 e. The molecule has 3 rings (SSSR count). The third-order valence-electron chi connectivity index (χ3n) is 4.01. The summed E-state index contributed by atoms with van der Waals surface area (Å²) in [5, 5.41) is 2.02. The van der Waals surface area contributed by atoms with Crippen LogP contribution in [0.5, 0.6) is 0 Å². The van der Waals surface area contributed by atoms with Crippen LogP contribution in [0.2, 0.25) is 10.0 Å². The van der Waals surface area contributed by atoms with E-state index in [-0.39, 0.29) is 12.5 Å². The second-order valence-corrected chi connectivity index (χ2v) is 8.53. The van der Waals surface area contributed by atoms with E-state index in [9.17, 15) is 4.79 Å². The van der Waals surface area contributed by atoms with Gasteiger partial charge in [0, 0.05) is 21.1 Å². The van der Waals surface area contributed by atoms with Crippen molar-refractivity contribution in [1.82, 2.24) is 14.5 Å². The molecule has 3 aromatic rings. The fourth-order valence-electron chi connectivity index (χ4n) is 2.75. The topological polar surface area (TPSA) is 83.0 Å². The number of rotatable bonds is 7. The van der Waals surface area contributed by atoms with Crippen molar-refractivity contribution in [3.8, 4) is 0 Å². The Kier molecular flexibility index (Phi) is 7.05. The summed E-state index contributed by atoms with van der Waals surface area (Å²) in [7, 11) is 0. The highest BCUT2D eigenvalue weighted by Crippen LogP contribution is 2.37. The number of nitrogens with zero attached hydrogens (tertiary/aromatic N) is 3. The summed E-state index contributed by atoms with van der Waals surface area (Å²) in [5.41, 5.74) is 6.89. The van der Waals surface area contributed by atoms with Crippen molar-refractivity contribution >= 4 is 41.1 Å². The van der Waals surface area contributed by atoms with Crippen LogP contribution in [0.3, 0.4) is 0 Å². The van der Waals surface area contributed by atoms with E-state index in [0.29, 0.717) is 22.4 Å². The summed E-state index contributed by atoms with van der Waals surface area (Å²) >= 11 is 13.9. The molecular formula is C20H20Cl2N4O2S. The Bertz CT molecular complexity index is 989. The van der Waals surface area contributed by atoms with Gasteiger partial charge in [-0.3, -0.25) is 4.98 Å². The number of benzene rings is 1. The number of primary amides is 1. The van der Waals surface area contributed by atoms with Gasteiger partial charge in [0.1, 0.15) is 10.9 Å². The van der Waals surface area contributed by atoms with Crippen molar-refractivity contribution in [3.05, 3.63) is 69.9 Å². The van der Waals surface area contributed by atoms with E-state index in [4.69, 9.17) is 38.7 Å². The SMILES string of the molecule is CC(C)c1nc(COC(N)=O)n(Cc2ccccn2)c1Sc1cc(Cl)cc(Cl)c1. The Morgan fingerprint density at radius 2 is 1.97 bits per heavy atom. The molecule has 9 heteroatoms. The van der Waals surface area contributed by atoms with Gasteiger partial charge in [-0.15, -0.1) is 0 Å². The van der Waals surface area contributed by atoms with E-state index >= 15 is 0 Å². The number of ether oxygens (including phenoxy) is 1. The number of hydrogen-bond acceptors (Lipinski definition) is 5. The van der Waals surface area contributed by atoms with Gasteiger partial charge >= 0.3 is 6.09 Å². The van der Waals surface area contributed by atoms with Gasteiger partial charge in [-0.1, -0.05) is 54.9 Å². The standard InChI is InChI=1S/C20H20Cl2N4O2S/c1-12(2)18-19(29-16-8-13(21)7-14(22)9-16)26(10-15-5-3-4-6-24-15)17(25-18)11-28-20(23)27/h3-9,12H,10-11H2,1-2H3,(H2,23,27). The van der Waals surface area contributed by atoms with Crippen LogP contribution in [-0.2, 0) is 17.9 Å². The van der Waals surface area contributed by atoms with Crippen molar-refractivity contribution in [1.29, 1.82) is 0 Å². The molecule has 1 aromatic carbocycles. The van der Waals surface area contributed by atoms with Crippen molar-refractivity contribution in [2.45, 2.75) is 42.8 Å². The van der Waals surface area contributed by atoms with Crippen LogP contribution in [0.25, 0.3) is 0 Å². The first-order valence-corrected chi connectivity index (χ1v) is 10.5. The molecule has 0 fully saturated rings. The summed E-state index contributed by atoms with van der Waals surface area (Å²) in [5.74, 6) is 0.734. The minimum absolute atomic E-state index is 0.0290. The van der Waals surface area contributed by atoms with Crippen LogP contribution in [0.15, 0.2) is 52.5 Å². The molecule has 0 saturated heterocycles. The van der Waals surface area contributed by atoms with Crippen LogP contribution >= 0.6 is 35.0 Å². The zero-order valence-electron chi connectivity index (χ0n) is 15.9. The number of pyridine rings is 1. The average Bonchev–Trinajstić information content (AvgIpc) is 2.97. The Hall–Kier alpha value is -2.22. The van der Waals surface area contributed by atoms with Gasteiger partial charge in [0.05, 0.1) is 17.9 Å². The molecule has 2 N–H and O–H groups in total. The van der Waals surface area contributed by atoms with Crippen molar-refractivity contribution < 1.29 is 9.53 Å². The summed E-state index contributed by atoms with van der Waals surface area (Å²) in [4.78, 5) is 21.2. The van der Waals surface area contributed by atoms with Crippen molar-refractivity contribution in [2.75, 3.05) is 0 Å². The van der Waals surface area contributed by atoms with Crippen LogP contribution in [0, 0.1) is 0 Å². The summed E-state index contributed by atoms with van der Waals surface area (Å²) in [6.45, 7) is 4.55. The fourth-order valence-corrected chi connectivity index (χ4v) is 4.66. The summed E-state index contributed by atoms with van der Waals surface area (Å²) in [6, 6.07) is 11.1. The monoisotopic (exact) mass is 450 g/mol. The van der Waals surface area contributed by atoms with Gasteiger partial charge in [-0.05, 0) is 36.2 Å². The van der Waals surface area contributed by atoms with Gasteiger partial charge < -0.3 is 15.0 Å². The minimum Gasteiger partial charge on any atom is -0.442 e. The highest BCUT2D eigenvalue weighted by molar-refractivity contribution is 7.99. The first-order valence-electron chi connectivity index (χ1n) is 8.89. The first kappa shape index (κ1) is 21.5. The predicted molar refractivity (Wildman–Crippen MR) is 115 cm³/mol. The maximum atomic E-state index is 11.1. The Morgan fingerprint density at radius 1 is 1.24 bits per heavy atom. The van der Waals surface area contributed by atoms with E-state index in [1.54, 1.807) is 12.3 Å². The lowest BCUT2D eigenvalue weighted by Gasteiger charge is -2.13. The average molecular weight is 451 g/mol. The molecule has 0 spiro atoms. The molecule has 1 amide bonds. The van der Waals surface area contributed by atoms with Gasteiger partial charge in [0.15, 0.2) is 6.61 Å². The molecular weight excluding hydrogens is 431 g/mol. The maximum Gasteiger partial charge on any atom is 0.404 e. The Balaban J connectivity index is 2.08. The second-order valence-electron chi connectivity index (χ2n) is 6.60. The summed E-state index contributed by atoms with van der Waals surface area (Å²) < 4.78 is 7.01. The quantitative estimate of drug-likeness (QED) is 0.513. The molecule has 0 radical (unpaired) electrons. The largest absolute Gasteiger partial charge is 0.442 e. The van der Waals surface area contributed by atoms with Crippen LogP contribution in [0.4, 0.5) is 4.79 Å². The lowest BCUT2D eigenvalue weighted by atomic mass is 10.1. The number of carbonyl (C=O) groups excluding carboxylic acids is 1. The van der Waals surface area contributed by atoms with Crippen LogP contribution in [0.1, 0.15) is 37.0 Å². The highest BCUT2D eigenvalue weighted by Gasteiger charge is 2.22. The predicted octanol–water partition coefficient (Wildman–Crippen LogP) is 5.50. The van der Waals surface area contributed by atoms with Gasteiger partial charge in [0.25, 0.3) is 0 Å². The molecule has 29 heavy (non-hydrogen) atoms. The number of amides is 1. The Labute approximate surface area is 183 Å². The Morgan fingerprint density at radius 3 is 2.55 bits per heavy atom. The number of nitrogens with two attached hydrogens (primary N) is 1. The first-order chi connectivity index (χ1) is 13.8.